The summed E-state index contributed by atoms with van der Waals surface area (Å²) in [6, 6.07) is 20.0. The number of rotatable bonds is 5. The van der Waals surface area contributed by atoms with E-state index in [0.29, 0.717) is 47.9 Å². The van der Waals surface area contributed by atoms with Crippen LogP contribution < -0.4 is 10.2 Å². The van der Waals surface area contributed by atoms with Crippen molar-refractivity contribution in [3.05, 3.63) is 84.1 Å². The number of nitrogens with one attached hydrogen (secondary N) is 1. The lowest BCUT2D eigenvalue weighted by Crippen LogP contribution is -2.39. The fourth-order valence-electron chi connectivity index (χ4n) is 4.61. The maximum atomic E-state index is 13.0. The number of fused-ring (bicyclic) bond motifs is 1. The molecular weight excluding hydrogens is 486 g/mol. The predicted octanol–water partition coefficient (Wildman–Crippen LogP) is 4.72. The third kappa shape index (κ3) is 5.22. The molecule has 4 aromatic rings. The number of sulfone groups is 1. The number of carbonyl (C=O) groups excluding carboxylic acids is 1. The van der Waals surface area contributed by atoms with Gasteiger partial charge < -0.3 is 10.2 Å². The van der Waals surface area contributed by atoms with Gasteiger partial charge in [0.05, 0.1) is 16.3 Å². The Morgan fingerprint density at radius 1 is 0.946 bits per heavy atom. The van der Waals surface area contributed by atoms with Crippen LogP contribution in [-0.2, 0) is 15.3 Å². The SMILES string of the molecule is CC(C)(C)c1ccc(C(=O)Nc2cn3nc(N4CCC(S(=O)(=O)c5ccccc5)CC4)ccc3n2)cc1. The fourth-order valence-corrected chi connectivity index (χ4v) is 6.36. The summed E-state index contributed by atoms with van der Waals surface area (Å²) in [7, 11) is -3.35. The van der Waals surface area contributed by atoms with Gasteiger partial charge in [0.15, 0.2) is 21.3 Å². The maximum Gasteiger partial charge on any atom is 0.256 e. The summed E-state index contributed by atoms with van der Waals surface area (Å²) in [4.78, 5) is 19.7. The van der Waals surface area contributed by atoms with E-state index in [4.69, 9.17) is 0 Å². The highest BCUT2D eigenvalue weighted by molar-refractivity contribution is 7.92. The smallest absolute Gasteiger partial charge is 0.256 e. The summed E-state index contributed by atoms with van der Waals surface area (Å²) < 4.78 is 27.6. The molecular formula is C28H31N5O3S. The minimum absolute atomic E-state index is 0.0192. The fraction of sp³-hybridized carbons (Fsp3) is 0.321. The van der Waals surface area contributed by atoms with Crippen LogP contribution in [0.15, 0.2) is 77.8 Å². The summed E-state index contributed by atoms with van der Waals surface area (Å²) in [5.41, 5.74) is 2.36. The monoisotopic (exact) mass is 517 g/mol. The topological polar surface area (TPSA) is 96.7 Å². The summed E-state index contributed by atoms with van der Waals surface area (Å²) in [5, 5.41) is 7.11. The van der Waals surface area contributed by atoms with Crippen LogP contribution in [-0.4, -0.2) is 47.3 Å². The number of imidazole rings is 1. The molecule has 192 valence electrons. The number of aromatic nitrogens is 3. The molecule has 0 bridgehead atoms. The number of amides is 1. The average molecular weight is 518 g/mol. The average Bonchev–Trinajstić information content (AvgIpc) is 3.30. The molecule has 0 saturated carbocycles. The highest BCUT2D eigenvalue weighted by Crippen LogP contribution is 2.27. The van der Waals surface area contributed by atoms with Crippen molar-refractivity contribution in [1.29, 1.82) is 0 Å². The molecule has 1 amide bonds. The van der Waals surface area contributed by atoms with Crippen molar-refractivity contribution in [1.82, 2.24) is 14.6 Å². The molecule has 2 aromatic carbocycles. The Morgan fingerprint density at radius 2 is 1.62 bits per heavy atom. The number of piperidine rings is 1. The molecule has 1 N–H and O–H groups in total. The van der Waals surface area contributed by atoms with E-state index in [9.17, 15) is 13.2 Å². The molecule has 3 heterocycles. The third-order valence-corrected chi connectivity index (χ3v) is 9.12. The molecule has 1 fully saturated rings. The van der Waals surface area contributed by atoms with Gasteiger partial charge in [-0.15, -0.1) is 5.10 Å². The van der Waals surface area contributed by atoms with Crippen molar-refractivity contribution in [3.8, 4) is 0 Å². The van der Waals surface area contributed by atoms with Crippen molar-refractivity contribution in [3.63, 3.8) is 0 Å². The molecule has 0 unspecified atom stereocenters. The minimum Gasteiger partial charge on any atom is -0.355 e. The lowest BCUT2D eigenvalue weighted by molar-refractivity contribution is 0.102. The van der Waals surface area contributed by atoms with E-state index in [-0.39, 0.29) is 11.3 Å². The molecule has 1 aliphatic heterocycles. The van der Waals surface area contributed by atoms with Crippen molar-refractivity contribution >= 4 is 33.0 Å². The van der Waals surface area contributed by atoms with E-state index in [1.807, 2.05) is 42.5 Å². The second kappa shape index (κ2) is 9.63. The Labute approximate surface area is 217 Å². The first-order valence-corrected chi connectivity index (χ1v) is 14.0. The molecule has 8 nitrogen and oxygen atoms in total. The highest BCUT2D eigenvalue weighted by Gasteiger charge is 2.31. The second-order valence-corrected chi connectivity index (χ2v) is 12.7. The van der Waals surface area contributed by atoms with E-state index in [2.05, 4.69) is 41.1 Å². The zero-order valence-electron chi connectivity index (χ0n) is 21.3. The van der Waals surface area contributed by atoms with Gasteiger partial charge in [0, 0.05) is 18.7 Å². The minimum atomic E-state index is -3.35. The van der Waals surface area contributed by atoms with Crippen LogP contribution in [0.5, 0.6) is 0 Å². The zero-order valence-corrected chi connectivity index (χ0v) is 22.1. The molecule has 0 radical (unpaired) electrons. The van der Waals surface area contributed by atoms with Gasteiger partial charge in [-0.3, -0.25) is 4.79 Å². The quantitative estimate of drug-likeness (QED) is 0.411. The maximum absolute atomic E-state index is 13.0. The number of hydrogen-bond donors (Lipinski definition) is 1. The van der Waals surface area contributed by atoms with E-state index in [1.165, 1.54) is 0 Å². The molecule has 0 spiro atoms. The molecule has 5 rings (SSSR count). The standard InChI is InChI=1S/C28H31N5O3S/c1-28(2,3)21-11-9-20(10-12-21)27(34)30-24-19-33-25(29-24)13-14-26(31-33)32-17-15-23(16-18-32)37(35,36)22-7-5-4-6-8-22/h4-14,19,23H,15-18H2,1-3H3,(H,30,34). The van der Waals surface area contributed by atoms with Crippen molar-refractivity contribution in [2.45, 2.75) is 49.2 Å². The molecule has 0 atom stereocenters. The Bertz CT molecular complexity index is 1520. The number of carbonyl (C=O) groups is 1. The van der Waals surface area contributed by atoms with Crippen LogP contribution in [0.4, 0.5) is 11.6 Å². The summed E-state index contributed by atoms with van der Waals surface area (Å²) >= 11 is 0. The van der Waals surface area contributed by atoms with Crippen LogP contribution >= 0.6 is 0 Å². The van der Waals surface area contributed by atoms with Crippen LogP contribution in [0.25, 0.3) is 5.65 Å². The zero-order chi connectivity index (χ0) is 26.2. The number of anilines is 2. The lowest BCUT2D eigenvalue weighted by atomic mass is 9.87. The predicted molar refractivity (Wildman–Crippen MR) is 145 cm³/mol. The van der Waals surface area contributed by atoms with Crippen LogP contribution in [0, 0.1) is 0 Å². The lowest BCUT2D eigenvalue weighted by Gasteiger charge is -2.32. The van der Waals surface area contributed by atoms with Gasteiger partial charge in [0.1, 0.15) is 5.82 Å². The van der Waals surface area contributed by atoms with E-state index >= 15 is 0 Å². The Hall–Kier alpha value is -3.72. The van der Waals surface area contributed by atoms with Crippen LogP contribution in [0.3, 0.4) is 0 Å². The van der Waals surface area contributed by atoms with Crippen molar-refractivity contribution in [2.75, 3.05) is 23.3 Å². The highest BCUT2D eigenvalue weighted by atomic mass is 32.2. The van der Waals surface area contributed by atoms with Gasteiger partial charge in [-0.2, -0.15) is 0 Å². The van der Waals surface area contributed by atoms with Gasteiger partial charge in [-0.1, -0.05) is 51.1 Å². The normalized spacial score (nSPS) is 15.2. The summed E-state index contributed by atoms with van der Waals surface area (Å²) in [6.45, 7) is 7.59. The van der Waals surface area contributed by atoms with Crippen LogP contribution in [0.2, 0.25) is 0 Å². The summed E-state index contributed by atoms with van der Waals surface area (Å²) in [6.07, 6.45) is 2.76. The molecule has 37 heavy (non-hydrogen) atoms. The van der Waals surface area contributed by atoms with Gasteiger partial charge in [0.25, 0.3) is 5.91 Å². The third-order valence-electron chi connectivity index (χ3n) is 6.84. The Morgan fingerprint density at radius 3 is 2.27 bits per heavy atom. The first-order valence-electron chi connectivity index (χ1n) is 12.4. The largest absolute Gasteiger partial charge is 0.355 e. The van der Waals surface area contributed by atoms with E-state index in [0.717, 1.165) is 11.4 Å². The van der Waals surface area contributed by atoms with Crippen molar-refractivity contribution < 1.29 is 13.2 Å². The first-order chi connectivity index (χ1) is 17.6. The number of nitrogens with zero attached hydrogens (tertiary/aromatic N) is 4. The molecule has 2 aromatic heterocycles. The van der Waals surface area contributed by atoms with Crippen molar-refractivity contribution in [2.24, 2.45) is 0 Å². The molecule has 1 aliphatic rings. The number of hydrogen-bond acceptors (Lipinski definition) is 6. The number of benzene rings is 2. The van der Waals surface area contributed by atoms with Gasteiger partial charge in [-0.05, 0) is 60.2 Å². The molecule has 1 saturated heterocycles. The van der Waals surface area contributed by atoms with Gasteiger partial charge >= 0.3 is 0 Å². The van der Waals surface area contributed by atoms with E-state index < -0.39 is 15.1 Å². The first kappa shape index (κ1) is 25.0. The Balaban J connectivity index is 1.25. The second-order valence-electron chi connectivity index (χ2n) is 10.4. The Kier molecular flexibility index (Phi) is 6.49. The molecule has 9 heteroatoms. The summed E-state index contributed by atoms with van der Waals surface area (Å²) in [5.74, 6) is 0.934. The van der Waals surface area contributed by atoms with E-state index in [1.54, 1.807) is 35.0 Å². The molecule has 0 aliphatic carbocycles. The van der Waals surface area contributed by atoms with Crippen LogP contribution in [0.1, 0.15) is 49.5 Å². The van der Waals surface area contributed by atoms with Gasteiger partial charge in [0.2, 0.25) is 0 Å². The van der Waals surface area contributed by atoms with Gasteiger partial charge in [-0.25, -0.2) is 17.9 Å².